The maximum Gasteiger partial charge on any atom is 0.307 e. The SMILES string of the molecule is CO[C@H](COc1ccc(C(=O)n2c(C)c(CC(=O)O)c3ccccc32)cc1)CN(C)c1ccccc1. The second-order valence-corrected chi connectivity index (χ2v) is 8.70. The van der Waals surface area contributed by atoms with Gasteiger partial charge in [-0.3, -0.25) is 14.2 Å². The summed E-state index contributed by atoms with van der Waals surface area (Å²) < 4.78 is 13.1. The van der Waals surface area contributed by atoms with Crippen molar-refractivity contribution in [3.8, 4) is 5.75 Å². The fourth-order valence-corrected chi connectivity index (χ4v) is 4.37. The Kier molecular flexibility index (Phi) is 7.71. The highest BCUT2D eigenvalue weighted by molar-refractivity contribution is 6.04. The molecule has 3 aromatic carbocycles. The van der Waals surface area contributed by atoms with Crippen LogP contribution in [0.2, 0.25) is 0 Å². The van der Waals surface area contributed by atoms with Gasteiger partial charge in [-0.15, -0.1) is 0 Å². The summed E-state index contributed by atoms with van der Waals surface area (Å²) in [6.45, 7) is 2.81. The van der Waals surface area contributed by atoms with Crippen molar-refractivity contribution >= 4 is 28.5 Å². The summed E-state index contributed by atoms with van der Waals surface area (Å²) in [7, 11) is 3.67. The molecule has 4 aromatic rings. The quantitative estimate of drug-likeness (QED) is 0.347. The van der Waals surface area contributed by atoms with E-state index in [0.717, 1.165) is 11.1 Å². The molecule has 0 unspecified atom stereocenters. The first-order valence-corrected chi connectivity index (χ1v) is 11.8. The molecule has 7 heteroatoms. The number of anilines is 1. The molecule has 7 nitrogen and oxygen atoms in total. The third kappa shape index (κ3) is 5.42. The van der Waals surface area contributed by atoms with Gasteiger partial charge in [0.05, 0.1) is 11.9 Å². The Morgan fingerprint density at radius 1 is 0.972 bits per heavy atom. The number of fused-ring (bicyclic) bond motifs is 1. The molecular formula is C29H30N2O5. The molecule has 1 heterocycles. The highest BCUT2D eigenvalue weighted by Crippen LogP contribution is 2.28. The molecular weight excluding hydrogens is 456 g/mol. The Labute approximate surface area is 210 Å². The summed E-state index contributed by atoms with van der Waals surface area (Å²) in [5.41, 5.74) is 3.57. The number of aliphatic carboxylic acids is 1. The minimum absolute atomic E-state index is 0.139. The molecule has 0 aliphatic carbocycles. The van der Waals surface area contributed by atoms with Crippen LogP contribution in [-0.2, 0) is 16.0 Å². The Morgan fingerprint density at radius 3 is 2.31 bits per heavy atom. The number of para-hydroxylation sites is 2. The van der Waals surface area contributed by atoms with Crippen LogP contribution in [0.1, 0.15) is 21.6 Å². The Morgan fingerprint density at radius 2 is 1.64 bits per heavy atom. The lowest BCUT2D eigenvalue weighted by Gasteiger charge is -2.25. The Balaban J connectivity index is 1.46. The summed E-state index contributed by atoms with van der Waals surface area (Å²) in [5.74, 6) is -0.512. The lowest BCUT2D eigenvalue weighted by molar-refractivity contribution is -0.136. The van der Waals surface area contributed by atoms with E-state index in [1.807, 2.05) is 61.6 Å². The summed E-state index contributed by atoms with van der Waals surface area (Å²) in [6, 6.07) is 24.4. The van der Waals surface area contributed by atoms with Crippen molar-refractivity contribution in [2.75, 3.05) is 32.2 Å². The number of methoxy groups -OCH3 is 1. The van der Waals surface area contributed by atoms with Gasteiger partial charge in [-0.05, 0) is 55.0 Å². The van der Waals surface area contributed by atoms with Gasteiger partial charge in [0, 0.05) is 43.0 Å². The molecule has 186 valence electrons. The average molecular weight is 487 g/mol. The highest BCUT2D eigenvalue weighted by atomic mass is 16.5. The molecule has 0 fully saturated rings. The first-order valence-electron chi connectivity index (χ1n) is 11.8. The molecule has 36 heavy (non-hydrogen) atoms. The standard InChI is InChI=1S/C29H30N2O5/c1-20-26(17-28(32)33)25-11-7-8-12-27(25)31(20)29(34)21-13-15-23(16-14-21)36-19-24(35-3)18-30(2)22-9-5-4-6-10-22/h4-16,24H,17-19H2,1-3H3,(H,32,33)/t24-/m0/s1. The number of carboxylic acid groups (broad SMARTS) is 1. The van der Waals surface area contributed by atoms with Crippen LogP contribution in [0.5, 0.6) is 5.75 Å². The largest absolute Gasteiger partial charge is 0.491 e. The zero-order valence-electron chi connectivity index (χ0n) is 20.7. The van der Waals surface area contributed by atoms with Gasteiger partial charge < -0.3 is 19.5 Å². The number of hydrogen-bond acceptors (Lipinski definition) is 5. The van der Waals surface area contributed by atoms with Crippen LogP contribution in [0.4, 0.5) is 5.69 Å². The van der Waals surface area contributed by atoms with Crippen molar-refractivity contribution in [1.29, 1.82) is 0 Å². The molecule has 0 saturated carbocycles. The maximum absolute atomic E-state index is 13.4. The minimum atomic E-state index is -0.931. The molecule has 1 aromatic heterocycles. The zero-order valence-corrected chi connectivity index (χ0v) is 20.7. The summed E-state index contributed by atoms with van der Waals surface area (Å²) >= 11 is 0. The molecule has 0 saturated heterocycles. The summed E-state index contributed by atoms with van der Waals surface area (Å²) in [5, 5.41) is 10.1. The second-order valence-electron chi connectivity index (χ2n) is 8.70. The average Bonchev–Trinajstić information content (AvgIpc) is 3.17. The van der Waals surface area contributed by atoms with Crippen molar-refractivity contribution in [2.45, 2.75) is 19.4 Å². The van der Waals surface area contributed by atoms with Gasteiger partial charge in [0.1, 0.15) is 18.5 Å². The second kappa shape index (κ2) is 11.1. The number of carboxylic acids is 1. The fourth-order valence-electron chi connectivity index (χ4n) is 4.37. The number of aromatic nitrogens is 1. The van der Waals surface area contributed by atoms with E-state index in [4.69, 9.17) is 9.47 Å². The first-order chi connectivity index (χ1) is 17.4. The van der Waals surface area contributed by atoms with Gasteiger partial charge in [-0.25, -0.2) is 0 Å². The molecule has 0 spiro atoms. The molecule has 0 aliphatic heterocycles. The van der Waals surface area contributed by atoms with E-state index >= 15 is 0 Å². The van der Waals surface area contributed by atoms with Crippen LogP contribution in [-0.4, -0.2) is 55.0 Å². The van der Waals surface area contributed by atoms with E-state index in [9.17, 15) is 14.7 Å². The van der Waals surface area contributed by atoms with Crippen LogP contribution in [0.25, 0.3) is 10.9 Å². The number of hydrogen-bond donors (Lipinski definition) is 1. The maximum atomic E-state index is 13.4. The van der Waals surface area contributed by atoms with Crippen molar-refractivity contribution in [2.24, 2.45) is 0 Å². The van der Waals surface area contributed by atoms with E-state index in [-0.39, 0.29) is 18.4 Å². The molecule has 1 N–H and O–H groups in total. The lowest BCUT2D eigenvalue weighted by atomic mass is 10.1. The number of benzene rings is 3. The van der Waals surface area contributed by atoms with E-state index in [1.54, 1.807) is 42.9 Å². The highest BCUT2D eigenvalue weighted by Gasteiger charge is 2.21. The Bertz CT molecular complexity index is 1350. The molecule has 4 rings (SSSR count). The van der Waals surface area contributed by atoms with E-state index in [2.05, 4.69) is 4.90 Å². The van der Waals surface area contributed by atoms with Gasteiger partial charge in [0.2, 0.25) is 0 Å². The van der Waals surface area contributed by atoms with Crippen LogP contribution >= 0.6 is 0 Å². The van der Waals surface area contributed by atoms with Gasteiger partial charge in [0.25, 0.3) is 5.91 Å². The van der Waals surface area contributed by atoms with E-state index in [1.165, 1.54) is 0 Å². The third-order valence-corrected chi connectivity index (χ3v) is 6.32. The number of likely N-dealkylation sites (N-methyl/N-ethyl adjacent to an activating group) is 1. The van der Waals surface area contributed by atoms with Crippen molar-refractivity contribution in [1.82, 2.24) is 4.57 Å². The molecule has 0 radical (unpaired) electrons. The van der Waals surface area contributed by atoms with Gasteiger partial charge in [-0.1, -0.05) is 36.4 Å². The minimum Gasteiger partial charge on any atom is -0.491 e. The van der Waals surface area contributed by atoms with Crippen molar-refractivity contribution in [3.05, 3.63) is 95.7 Å². The van der Waals surface area contributed by atoms with Crippen LogP contribution < -0.4 is 9.64 Å². The molecule has 0 amide bonds. The van der Waals surface area contributed by atoms with Crippen LogP contribution in [0, 0.1) is 6.92 Å². The zero-order chi connectivity index (χ0) is 25.7. The molecule has 0 aliphatic rings. The molecule has 0 bridgehead atoms. The number of nitrogens with zero attached hydrogens (tertiary/aromatic N) is 2. The Hall–Kier alpha value is -4.10. The van der Waals surface area contributed by atoms with E-state index in [0.29, 0.717) is 41.2 Å². The van der Waals surface area contributed by atoms with Crippen LogP contribution in [0.15, 0.2) is 78.9 Å². The smallest absolute Gasteiger partial charge is 0.307 e. The predicted molar refractivity (Wildman–Crippen MR) is 140 cm³/mol. The number of carbonyl (C=O) groups is 2. The van der Waals surface area contributed by atoms with Gasteiger partial charge in [0.15, 0.2) is 0 Å². The molecule has 1 atom stereocenters. The predicted octanol–water partition coefficient (Wildman–Crippen LogP) is 4.80. The fraction of sp³-hybridized carbons (Fsp3) is 0.241. The van der Waals surface area contributed by atoms with E-state index < -0.39 is 5.97 Å². The van der Waals surface area contributed by atoms with Gasteiger partial charge >= 0.3 is 5.97 Å². The number of carbonyl (C=O) groups excluding carboxylic acids is 1. The number of rotatable bonds is 10. The third-order valence-electron chi connectivity index (χ3n) is 6.32. The summed E-state index contributed by atoms with van der Waals surface area (Å²) in [4.78, 5) is 26.9. The monoisotopic (exact) mass is 486 g/mol. The van der Waals surface area contributed by atoms with Crippen LogP contribution in [0.3, 0.4) is 0 Å². The first kappa shape index (κ1) is 25.0. The lowest BCUT2D eigenvalue weighted by Crippen LogP contribution is -2.34. The van der Waals surface area contributed by atoms with Crippen molar-refractivity contribution < 1.29 is 24.2 Å². The summed E-state index contributed by atoms with van der Waals surface area (Å²) in [6.07, 6.45) is -0.280. The van der Waals surface area contributed by atoms with Crippen molar-refractivity contribution in [3.63, 3.8) is 0 Å². The topological polar surface area (TPSA) is 81.0 Å². The normalized spacial score (nSPS) is 11.9. The van der Waals surface area contributed by atoms with Gasteiger partial charge in [-0.2, -0.15) is 0 Å². The number of ether oxygens (including phenoxy) is 2.